The van der Waals surface area contributed by atoms with Crippen LogP contribution < -0.4 is 0 Å². The van der Waals surface area contributed by atoms with Gasteiger partial charge in [-0.2, -0.15) is 0 Å². The third kappa shape index (κ3) is 3.96. The number of carboxylic acids is 1. The SMILES string of the molecule is CCCCCCC(C(=O)O)c1cc(C)c(C(=O)c2cccs2)n1C. The van der Waals surface area contributed by atoms with Gasteiger partial charge in [-0.1, -0.05) is 38.7 Å². The summed E-state index contributed by atoms with van der Waals surface area (Å²) >= 11 is 1.41. The molecular weight excluding hydrogens is 322 g/mol. The lowest BCUT2D eigenvalue weighted by Gasteiger charge is -2.14. The van der Waals surface area contributed by atoms with Crippen LogP contribution in [0.15, 0.2) is 23.6 Å². The van der Waals surface area contributed by atoms with Crippen LogP contribution in [-0.2, 0) is 11.8 Å². The molecule has 1 N–H and O–H groups in total. The molecular formula is C19H25NO3S. The van der Waals surface area contributed by atoms with E-state index in [-0.39, 0.29) is 5.78 Å². The number of nitrogens with zero attached hydrogens (tertiary/aromatic N) is 1. The minimum atomic E-state index is -0.817. The van der Waals surface area contributed by atoms with E-state index < -0.39 is 11.9 Å². The lowest BCUT2D eigenvalue weighted by atomic mass is 9.97. The van der Waals surface area contributed by atoms with Crippen molar-refractivity contribution in [2.75, 3.05) is 0 Å². The van der Waals surface area contributed by atoms with Crippen molar-refractivity contribution in [3.63, 3.8) is 0 Å². The number of hydrogen-bond acceptors (Lipinski definition) is 3. The first-order valence-corrected chi connectivity index (χ1v) is 9.32. The average Bonchev–Trinajstić information content (AvgIpc) is 3.15. The van der Waals surface area contributed by atoms with E-state index in [4.69, 9.17) is 0 Å². The number of aromatic nitrogens is 1. The van der Waals surface area contributed by atoms with Crippen molar-refractivity contribution in [1.82, 2.24) is 4.57 Å². The zero-order chi connectivity index (χ0) is 17.7. The molecule has 2 heterocycles. The normalized spacial score (nSPS) is 12.3. The van der Waals surface area contributed by atoms with Crippen LogP contribution in [0.5, 0.6) is 0 Å². The summed E-state index contributed by atoms with van der Waals surface area (Å²) in [5.41, 5.74) is 2.15. The summed E-state index contributed by atoms with van der Waals surface area (Å²) in [7, 11) is 1.80. The van der Waals surface area contributed by atoms with Crippen LogP contribution in [0.3, 0.4) is 0 Å². The molecule has 2 rings (SSSR count). The molecule has 2 aromatic heterocycles. The number of aryl methyl sites for hydroxylation is 1. The topological polar surface area (TPSA) is 59.3 Å². The molecule has 1 atom stereocenters. The van der Waals surface area contributed by atoms with E-state index >= 15 is 0 Å². The van der Waals surface area contributed by atoms with Crippen molar-refractivity contribution in [3.05, 3.63) is 45.4 Å². The number of carbonyl (C=O) groups excluding carboxylic acids is 1. The van der Waals surface area contributed by atoms with Crippen LogP contribution >= 0.6 is 11.3 Å². The fourth-order valence-corrected chi connectivity index (χ4v) is 3.81. The van der Waals surface area contributed by atoms with Gasteiger partial charge in [-0.15, -0.1) is 11.3 Å². The van der Waals surface area contributed by atoms with Gasteiger partial charge >= 0.3 is 5.97 Å². The van der Waals surface area contributed by atoms with Crippen LogP contribution in [0.1, 0.15) is 71.6 Å². The molecule has 0 radical (unpaired) electrons. The number of thiophene rings is 1. The van der Waals surface area contributed by atoms with Crippen molar-refractivity contribution in [2.45, 2.75) is 51.9 Å². The maximum absolute atomic E-state index is 12.7. The summed E-state index contributed by atoms with van der Waals surface area (Å²) in [6, 6.07) is 5.52. The highest BCUT2D eigenvalue weighted by atomic mass is 32.1. The second-order valence-corrected chi connectivity index (χ2v) is 7.15. The molecule has 5 heteroatoms. The Kier molecular flexibility index (Phi) is 6.37. The number of unbranched alkanes of at least 4 members (excludes halogenated alkanes) is 3. The molecule has 0 fully saturated rings. The summed E-state index contributed by atoms with van der Waals surface area (Å²) in [6.07, 6.45) is 4.80. The lowest BCUT2D eigenvalue weighted by molar-refractivity contribution is -0.139. The fraction of sp³-hybridized carbons (Fsp3) is 0.474. The Morgan fingerprint density at radius 1 is 1.29 bits per heavy atom. The monoisotopic (exact) mass is 347 g/mol. The predicted octanol–water partition coefficient (Wildman–Crippen LogP) is 4.76. The van der Waals surface area contributed by atoms with Gasteiger partial charge in [0.05, 0.1) is 16.5 Å². The number of carbonyl (C=O) groups is 2. The Morgan fingerprint density at radius 2 is 2.04 bits per heavy atom. The molecule has 0 amide bonds. The van der Waals surface area contributed by atoms with Gasteiger partial charge in [-0.25, -0.2) is 0 Å². The Bertz CT molecular complexity index is 701. The number of rotatable bonds is 9. The number of carboxylic acid groups (broad SMARTS) is 1. The first kappa shape index (κ1) is 18.5. The van der Waals surface area contributed by atoms with Crippen molar-refractivity contribution >= 4 is 23.1 Å². The maximum atomic E-state index is 12.7. The highest BCUT2D eigenvalue weighted by molar-refractivity contribution is 7.12. The highest BCUT2D eigenvalue weighted by Crippen LogP contribution is 2.29. The second-order valence-electron chi connectivity index (χ2n) is 6.21. The number of hydrogen-bond donors (Lipinski definition) is 1. The van der Waals surface area contributed by atoms with E-state index in [0.29, 0.717) is 17.0 Å². The smallest absolute Gasteiger partial charge is 0.312 e. The molecule has 4 nitrogen and oxygen atoms in total. The molecule has 0 aliphatic heterocycles. The molecule has 0 saturated carbocycles. The van der Waals surface area contributed by atoms with Crippen molar-refractivity contribution in [2.24, 2.45) is 7.05 Å². The van der Waals surface area contributed by atoms with Crippen LogP contribution in [0.2, 0.25) is 0 Å². The van der Waals surface area contributed by atoms with Gasteiger partial charge in [0.1, 0.15) is 0 Å². The Balaban J connectivity index is 2.28. The summed E-state index contributed by atoms with van der Waals surface area (Å²) in [4.78, 5) is 25.1. The van der Waals surface area contributed by atoms with E-state index in [1.807, 2.05) is 24.4 Å². The molecule has 0 aromatic carbocycles. The average molecular weight is 347 g/mol. The van der Waals surface area contributed by atoms with Crippen LogP contribution in [0, 0.1) is 6.92 Å². The summed E-state index contributed by atoms with van der Waals surface area (Å²) in [6.45, 7) is 4.01. The zero-order valence-electron chi connectivity index (χ0n) is 14.5. The minimum absolute atomic E-state index is 0.0358. The van der Waals surface area contributed by atoms with E-state index in [2.05, 4.69) is 6.92 Å². The first-order valence-electron chi connectivity index (χ1n) is 8.44. The molecule has 1 unspecified atom stereocenters. The Morgan fingerprint density at radius 3 is 2.62 bits per heavy atom. The Hall–Kier alpha value is -1.88. The van der Waals surface area contributed by atoms with Crippen LogP contribution in [0.4, 0.5) is 0 Å². The molecule has 0 bridgehead atoms. The van der Waals surface area contributed by atoms with Crippen molar-refractivity contribution < 1.29 is 14.7 Å². The quantitative estimate of drug-likeness (QED) is 0.525. The van der Waals surface area contributed by atoms with Gasteiger partial charge in [0.25, 0.3) is 0 Å². The van der Waals surface area contributed by atoms with E-state index in [0.717, 1.165) is 36.9 Å². The highest BCUT2D eigenvalue weighted by Gasteiger charge is 2.27. The molecule has 0 saturated heterocycles. The number of aliphatic carboxylic acids is 1. The van der Waals surface area contributed by atoms with Gasteiger partial charge in [0.2, 0.25) is 5.78 Å². The predicted molar refractivity (Wildman–Crippen MR) is 97.0 cm³/mol. The molecule has 2 aromatic rings. The fourth-order valence-electron chi connectivity index (χ4n) is 3.14. The maximum Gasteiger partial charge on any atom is 0.312 e. The summed E-state index contributed by atoms with van der Waals surface area (Å²) < 4.78 is 1.77. The van der Waals surface area contributed by atoms with Crippen LogP contribution in [0.25, 0.3) is 0 Å². The van der Waals surface area contributed by atoms with Crippen molar-refractivity contribution in [3.8, 4) is 0 Å². The van der Waals surface area contributed by atoms with Crippen LogP contribution in [-0.4, -0.2) is 21.4 Å². The standard InChI is InChI=1S/C19H25NO3S/c1-4-5-6-7-9-14(19(22)23)15-12-13(2)17(20(15)3)18(21)16-10-8-11-24-16/h8,10-12,14H,4-7,9H2,1-3H3,(H,22,23). The minimum Gasteiger partial charge on any atom is -0.481 e. The van der Waals surface area contributed by atoms with Gasteiger partial charge in [0, 0.05) is 12.7 Å². The second kappa shape index (κ2) is 8.29. The molecule has 0 spiro atoms. The Labute approximate surface area is 147 Å². The third-order valence-electron chi connectivity index (χ3n) is 4.42. The number of ketones is 1. The van der Waals surface area contributed by atoms with E-state index in [1.165, 1.54) is 11.3 Å². The van der Waals surface area contributed by atoms with Crippen molar-refractivity contribution in [1.29, 1.82) is 0 Å². The third-order valence-corrected chi connectivity index (χ3v) is 5.29. The van der Waals surface area contributed by atoms with Gasteiger partial charge in [-0.3, -0.25) is 9.59 Å². The molecule has 130 valence electrons. The zero-order valence-corrected chi connectivity index (χ0v) is 15.4. The largest absolute Gasteiger partial charge is 0.481 e. The van der Waals surface area contributed by atoms with Gasteiger partial charge < -0.3 is 9.67 Å². The summed E-state index contributed by atoms with van der Waals surface area (Å²) in [5.74, 6) is -1.41. The molecule has 0 aliphatic rings. The van der Waals surface area contributed by atoms with E-state index in [9.17, 15) is 14.7 Å². The van der Waals surface area contributed by atoms with Gasteiger partial charge in [-0.05, 0) is 36.4 Å². The van der Waals surface area contributed by atoms with E-state index in [1.54, 1.807) is 17.7 Å². The van der Waals surface area contributed by atoms with Gasteiger partial charge in [0.15, 0.2) is 0 Å². The molecule has 0 aliphatic carbocycles. The summed E-state index contributed by atoms with van der Waals surface area (Å²) in [5, 5.41) is 11.5. The lowest BCUT2D eigenvalue weighted by Crippen LogP contribution is -2.17. The molecule has 24 heavy (non-hydrogen) atoms. The first-order chi connectivity index (χ1) is 11.5.